The lowest BCUT2D eigenvalue weighted by atomic mass is 9.83. The van der Waals surface area contributed by atoms with Gasteiger partial charge in [-0.15, -0.1) is 0 Å². The third kappa shape index (κ3) is 6.47. The van der Waals surface area contributed by atoms with Crippen molar-refractivity contribution in [3.63, 3.8) is 0 Å². The fourth-order valence-electron chi connectivity index (χ4n) is 12.4. The Hall–Kier alpha value is -7.36. The van der Waals surface area contributed by atoms with Crippen molar-refractivity contribution in [3.8, 4) is 11.1 Å². The summed E-state index contributed by atoms with van der Waals surface area (Å²) in [5, 5.41) is 10.0. The summed E-state index contributed by atoms with van der Waals surface area (Å²) in [5.74, 6) is 2.46. The molecule has 1 fully saturated rings. The number of hydrogen-bond acceptors (Lipinski definition) is 3. The van der Waals surface area contributed by atoms with Crippen LogP contribution in [0.25, 0.3) is 65.4 Å². The second-order valence-corrected chi connectivity index (χ2v) is 21.5. The monoisotopic (exact) mass is 908 g/mol. The van der Waals surface area contributed by atoms with Crippen LogP contribution in [-0.2, 0) is 0 Å². The van der Waals surface area contributed by atoms with Gasteiger partial charge in [0.1, 0.15) is 5.58 Å². The highest BCUT2D eigenvalue weighted by Crippen LogP contribution is 2.65. The number of furan rings is 1. The predicted molar refractivity (Wildman–Crippen MR) is 299 cm³/mol. The Morgan fingerprint density at radius 3 is 1.50 bits per heavy atom. The van der Waals surface area contributed by atoms with Crippen molar-refractivity contribution in [2.45, 2.75) is 97.3 Å². The van der Waals surface area contributed by atoms with E-state index in [1.165, 1.54) is 100 Å². The van der Waals surface area contributed by atoms with E-state index in [1.54, 1.807) is 0 Å². The van der Waals surface area contributed by atoms with Crippen LogP contribution in [0.1, 0.15) is 131 Å². The van der Waals surface area contributed by atoms with Crippen LogP contribution in [0.15, 0.2) is 174 Å². The lowest BCUT2D eigenvalue weighted by Gasteiger charge is -2.33. The van der Waals surface area contributed by atoms with Gasteiger partial charge in [-0.3, -0.25) is 0 Å². The predicted octanol–water partition coefficient (Wildman–Crippen LogP) is 20.2. The molecule has 344 valence electrons. The van der Waals surface area contributed by atoms with Gasteiger partial charge in [0.2, 0.25) is 0 Å². The van der Waals surface area contributed by atoms with Crippen molar-refractivity contribution in [1.29, 1.82) is 0 Å². The van der Waals surface area contributed by atoms with Crippen molar-refractivity contribution in [1.82, 2.24) is 0 Å². The Labute approximate surface area is 412 Å². The minimum atomic E-state index is 0.265. The quantitative estimate of drug-likeness (QED) is 0.128. The number of anilines is 6. The molecule has 1 aromatic heterocycles. The molecule has 0 amide bonds. The van der Waals surface area contributed by atoms with E-state index in [2.05, 4.69) is 235 Å². The van der Waals surface area contributed by atoms with Crippen LogP contribution in [0.5, 0.6) is 0 Å². The number of fused-ring (bicyclic) bond motifs is 9. The third-order valence-corrected chi connectivity index (χ3v) is 16.0. The van der Waals surface area contributed by atoms with E-state index < -0.39 is 0 Å². The SMILES string of the molecule is CC(C)c1ccc(N(c2cccc3c2C2CC2c2ccccc2-3)c2cc(C(C)C)c3ccc4c(N(c5ccc(C(C)C)cc5)c5cccc6c5oc5ccccc56)cc(C(C)C)c5ccc2c3c54)cc1. The van der Waals surface area contributed by atoms with Crippen LogP contribution in [-0.4, -0.2) is 0 Å². The van der Waals surface area contributed by atoms with E-state index in [9.17, 15) is 0 Å². The number of rotatable bonds is 10. The molecule has 0 saturated heterocycles. The summed E-state index contributed by atoms with van der Waals surface area (Å²) in [6, 6.07) is 64.8. The van der Waals surface area contributed by atoms with Gasteiger partial charge in [0, 0.05) is 32.9 Å². The Morgan fingerprint density at radius 2 is 0.900 bits per heavy atom. The van der Waals surface area contributed by atoms with Gasteiger partial charge in [-0.25, -0.2) is 0 Å². The van der Waals surface area contributed by atoms with Crippen LogP contribution < -0.4 is 9.80 Å². The minimum absolute atomic E-state index is 0.265. The normalized spacial score (nSPS) is 15.3. The van der Waals surface area contributed by atoms with Crippen LogP contribution in [0.4, 0.5) is 34.1 Å². The van der Waals surface area contributed by atoms with Gasteiger partial charge in [-0.05, 0) is 163 Å². The van der Waals surface area contributed by atoms with Gasteiger partial charge in [0.25, 0.3) is 0 Å². The maximum absolute atomic E-state index is 6.88. The molecule has 1 heterocycles. The molecule has 0 N–H and O–H groups in total. The van der Waals surface area contributed by atoms with E-state index in [-0.39, 0.29) is 11.8 Å². The average Bonchev–Trinajstić information content (AvgIpc) is 4.10. The van der Waals surface area contributed by atoms with E-state index in [4.69, 9.17) is 4.42 Å². The first-order chi connectivity index (χ1) is 34.0. The number of nitrogens with zero attached hydrogens (tertiary/aromatic N) is 2. The maximum atomic E-state index is 6.88. The van der Waals surface area contributed by atoms with E-state index in [1.807, 2.05) is 0 Å². The molecule has 2 atom stereocenters. The number of benzene rings is 10. The van der Waals surface area contributed by atoms with Crippen molar-refractivity contribution in [2.75, 3.05) is 9.80 Å². The molecule has 70 heavy (non-hydrogen) atoms. The first-order valence-electron chi connectivity index (χ1n) is 25.8. The molecule has 2 aliphatic carbocycles. The molecule has 2 aliphatic rings. The molecule has 0 aliphatic heterocycles. The lowest BCUT2D eigenvalue weighted by Crippen LogP contribution is -2.15. The molecule has 3 heteroatoms. The molecule has 0 spiro atoms. The Morgan fingerprint density at radius 1 is 0.400 bits per heavy atom. The van der Waals surface area contributed by atoms with E-state index in [0.29, 0.717) is 23.7 Å². The summed E-state index contributed by atoms with van der Waals surface area (Å²) in [7, 11) is 0. The van der Waals surface area contributed by atoms with Crippen molar-refractivity contribution in [2.24, 2.45) is 0 Å². The molecule has 1 saturated carbocycles. The second kappa shape index (κ2) is 16.1. The maximum Gasteiger partial charge on any atom is 0.159 e. The van der Waals surface area contributed by atoms with Crippen molar-refractivity contribution >= 4 is 88.4 Å². The first kappa shape index (κ1) is 42.7. The molecular formula is C67H60N2O. The molecule has 11 aromatic rings. The van der Waals surface area contributed by atoms with Gasteiger partial charge in [0.05, 0.1) is 22.7 Å². The van der Waals surface area contributed by atoms with Gasteiger partial charge < -0.3 is 14.2 Å². The zero-order chi connectivity index (χ0) is 47.7. The highest BCUT2D eigenvalue weighted by Gasteiger charge is 2.47. The zero-order valence-corrected chi connectivity index (χ0v) is 41.6. The van der Waals surface area contributed by atoms with Crippen molar-refractivity contribution in [3.05, 3.63) is 203 Å². The summed E-state index contributed by atoms with van der Waals surface area (Å²) in [6.45, 7) is 18.6. The summed E-state index contributed by atoms with van der Waals surface area (Å²) < 4.78 is 6.88. The highest BCUT2D eigenvalue weighted by molar-refractivity contribution is 6.30. The first-order valence-corrected chi connectivity index (χ1v) is 25.8. The molecule has 2 unspecified atom stereocenters. The summed E-state index contributed by atoms with van der Waals surface area (Å²) >= 11 is 0. The highest BCUT2D eigenvalue weighted by atomic mass is 16.3. The number of hydrogen-bond donors (Lipinski definition) is 0. The van der Waals surface area contributed by atoms with E-state index >= 15 is 0 Å². The molecule has 3 nitrogen and oxygen atoms in total. The topological polar surface area (TPSA) is 19.6 Å². The molecule has 0 bridgehead atoms. The second-order valence-electron chi connectivity index (χ2n) is 21.5. The van der Waals surface area contributed by atoms with Crippen LogP contribution in [0, 0.1) is 0 Å². The lowest BCUT2D eigenvalue weighted by molar-refractivity contribution is 0.669. The Kier molecular flexibility index (Phi) is 9.83. The molecule has 0 radical (unpaired) electrons. The summed E-state index contributed by atoms with van der Waals surface area (Å²) in [4.78, 5) is 5.12. The van der Waals surface area contributed by atoms with Gasteiger partial charge in [-0.2, -0.15) is 0 Å². The number of para-hydroxylation sites is 2. The molecule has 13 rings (SSSR count). The fraction of sp³-hybridized carbons (Fsp3) is 0.224. The third-order valence-electron chi connectivity index (χ3n) is 16.0. The largest absolute Gasteiger partial charge is 0.454 e. The zero-order valence-electron chi connectivity index (χ0n) is 41.6. The van der Waals surface area contributed by atoms with Crippen molar-refractivity contribution < 1.29 is 4.42 Å². The molecular weight excluding hydrogens is 849 g/mol. The average molecular weight is 909 g/mol. The fourth-order valence-corrected chi connectivity index (χ4v) is 12.4. The van der Waals surface area contributed by atoms with E-state index in [0.717, 1.165) is 39.0 Å². The van der Waals surface area contributed by atoms with Crippen LogP contribution in [0.2, 0.25) is 0 Å². The molecule has 10 aromatic carbocycles. The Balaban J connectivity index is 1.13. The van der Waals surface area contributed by atoms with Gasteiger partial charge >= 0.3 is 0 Å². The summed E-state index contributed by atoms with van der Waals surface area (Å²) in [6.07, 6.45) is 1.19. The van der Waals surface area contributed by atoms with Gasteiger partial charge in [-0.1, -0.05) is 171 Å². The minimum Gasteiger partial charge on any atom is -0.454 e. The smallest absolute Gasteiger partial charge is 0.159 e. The standard InChI is InChI=1S/C67H60N2O/c1-38(2)42-23-27-44(28-24-42)68(59-20-13-18-49-46-15-9-10-16-47(46)57-35-58(57)64(49)59)61-36-55(40(5)6)50-32-34-54-62(37-56(41(7)8)51-31-33-53(61)65(50)66(51)54)69(45-29-25-43(26-30-45)39(3)4)60-21-14-19-52-48-17-11-12-22-63(48)70-67(52)60/h9-34,36-41,57-58H,35H2,1-8H3. The van der Waals surface area contributed by atoms with Gasteiger partial charge in [0.15, 0.2) is 5.58 Å². The Bertz CT molecular complexity index is 3830. The van der Waals surface area contributed by atoms with Crippen LogP contribution in [0.3, 0.4) is 0 Å². The summed E-state index contributed by atoms with van der Waals surface area (Å²) in [5.41, 5.74) is 19.9. The van der Waals surface area contributed by atoms with Crippen LogP contribution >= 0.6 is 0 Å².